The first-order valence-electron chi connectivity index (χ1n) is 8.52. The largest absolute Gasteiger partial charge is 0.495 e. The van der Waals surface area contributed by atoms with Crippen LogP contribution in [0.4, 0.5) is 0 Å². The molecule has 3 rings (SSSR count). The highest BCUT2D eigenvalue weighted by Crippen LogP contribution is 2.31. The summed E-state index contributed by atoms with van der Waals surface area (Å²) in [5.74, 6) is -0.781. The predicted octanol–water partition coefficient (Wildman–Crippen LogP) is 2.97. The molecule has 0 saturated heterocycles. The smallest absolute Gasteiger partial charge is 0.335 e. The summed E-state index contributed by atoms with van der Waals surface area (Å²) in [6.45, 7) is 0.168. The molecule has 0 fully saturated rings. The molecule has 1 amide bonds. The van der Waals surface area contributed by atoms with E-state index in [9.17, 15) is 9.59 Å². The van der Waals surface area contributed by atoms with E-state index in [4.69, 9.17) is 27.2 Å². The molecule has 0 aliphatic heterocycles. The van der Waals surface area contributed by atoms with Gasteiger partial charge in [0.15, 0.2) is 0 Å². The highest BCUT2D eigenvalue weighted by molar-refractivity contribution is 6.32. The van der Waals surface area contributed by atoms with Crippen molar-refractivity contribution in [1.29, 1.82) is 0 Å². The second-order valence-corrected chi connectivity index (χ2v) is 6.73. The molecule has 2 aromatic carbocycles. The minimum atomic E-state index is -1.01. The molecule has 146 valence electrons. The van der Waals surface area contributed by atoms with Crippen molar-refractivity contribution in [1.82, 2.24) is 9.88 Å². The summed E-state index contributed by atoms with van der Waals surface area (Å²) in [7, 11) is 3.31. The van der Waals surface area contributed by atoms with E-state index in [2.05, 4.69) is 5.32 Å². The van der Waals surface area contributed by atoms with Crippen LogP contribution < -0.4 is 15.8 Å². The maximum Gasteiger partial charge on any atom is 0.335 e. The molecule has 1 atom stereocenters. The number of aryl methyl sites for hydroxylation is 1. The third-order valence-electron chi connectivity index (χ3n) is 4.65. The third-order valence-corrected chi connectivity index (χ3v) is 4.95. The topological polar surface area (TPSA) is 107 Å². The summed E-state index contributed by atoms with van der Waals surface area (Å²) in [4.78, 5) is 23.8. The highest BCUT2D eigenvalue weighted by atomic mass is 35.5. The van der Waals surface area contributed by atoms with Crippen molar-refractivity contribution in [2.45, 2.75) is 6.04 Å². The SMILES string of the molecule is COc1cc2c(cc1Cl)cc(C(=O)NC(CN)c1ccc(C(=O)O)cc1)n2C. The first kappa shape index (κ1) is 19.7. The fourth-order valence-electron chi connectivity index (χ4n) is 3.08. The number of carbonyl (C=O) groups excluding carboxylic acids is 1. The second kappa shape index (κ2) is 7.92. The number of nitrogens with zero attached hydrogens (tertiary/aromatic N) is 1. The Kier molecular flexibility index (Phi) is 5.58. The van der Waals surface area contributed by atoms with Crippen LogP contribution in [0.1, 0.15) is 32.5 Å². The molecule has 8 heteroatoms. The van der Waals surface area contributed by atoms with Crippen LogP contribution in [0.2, 0.25) is 5.02 Å². The molecule has 3 aromatic rings. The van der Waals surface area contributed by atoms with Gasteiger partial charge in [-0.1, -0.05) is 23.7 Å². The number of methoxy groups -OCH3 is 1. The zero-order chi connectivity index (χ0) is 20.4. The van der Waals surface area contributed by atoms with E-state index in [1.54, 1.807) is 41.9 Å². The van der Waals surface area contributed by atoms with Gasteiger partial charge >= 0.3 is 5.97 Å². The van der Waals surface area contributed by atoms with Crippen LogP contribution >= 0.6 is 11.6 Å². The Balaban J connectivity index is 1.88. The van der Waals surface area contributed by atoms with E-state index in [-0.39, 0.29) is 18.0 Å². The fourth-order valence-corrected chi connectivity index (χ4v) is 3.33. The Morgan fingerprint density at radius 1 is 1.25 bits per heavy atom. The number of ether oxygens (including phenoxy) is 1. The minimum Gasteiger partial charge on any atom is -0.495 e. The number of carboxylic acids is 1. The molecule has 0 bridgehead atoms. The van der Waals surface area contributed by atoms with E-state index >= 15 is 0 Å². The molecule has 0 spiro atoms. The normalized spacial score (nSPS) is 12.0. The number of hydrogen-bond acceptors (Lipinski definition) is 4. The van der Waals surface area contributed by atoms with Gasteiger partial charge in [0.1, 0.15) is 11.4 Å². The average molecular weight is 402 g/mol. The summed E-state index contributed by atoms with van der Waals surface area (Å²) in [5, 5.41) is 13.2. The number of benzene rings is 2. The number of nitrogens with two attached hydrogens (primary N) is 1. The Morgan fingerprint density at radius 3 is 2.50 bits per heavy atom. The van der Waals surface area contributed by atoms with Gasteiger partial charge in [-0.2, -0.15) is 0 Å². The number of halogens is 1. The number of nitrogens with one attached hydrogen (secondary N) is 1. The van der Waals surface area contributed by atoms with Crippen molar-refractivity contribution in [3.8, 4) is 5.75 Å². The van der Waals surface area contributed by atoms with Crippen LogP contribution in [0.3, 0.4) is 0 Å². The van der Waals surface area contributed by atoms with Crippen molar-refractivity contribution in [3.05, 3.63) is 64.3 Å². The van der Waals surface area contributed by atoms with Gasteiger partial charge in [-0.15, -0.1) is 0 Å². The Hall–Kier alpha value is -3.03. The number of hydrogen-bond donors (Lipinski definition) is 3. The first-order chi connectivity index (χ1) is 13.3. The Labute approximate surface area is 166 Å². The minimum absolute atomic E-state index is 0.168. The van der Waals surface area contributed by atoms with Gasteiger partial charge in [-0.3, -0.25) is 4.79 Å². The average Bonchev–Trinajstić information content (AvgIpc) is 3.00. The fraction of sp³-hybridized carbons (Fsp3) is 0.200. The van der Waals surface area contributed by atoms with E-state index in [1.807, 2.05) is 0 Å². The van der Waals surface area contributed by atoms with Crippen molar-refractivity contribution in [2.75, 3.05) is 13.7 Å². The van der Waals surface area contributed by atoms with Gasteiger partial charge in [0.05, 0.1) is 29.3 Å². The zero-order valence-electron chi connectivity index (χ0n) is 15.4. The molecular weight excluding hydrogens is 382 g/mol. The Morgan fingerprint density at radius 2 is 1.93 bits per heavy atom. The van der Waals surface area contributed by atoms with Crippen molar-refractivity contribution >= 4 is 34.4 Å². The van der Waals surface area contributed by atoms with Crippen molar-refractivity contribution in [2.24, 2.45) is 12.8 Å². The van der Waals surface area contributed by atoms with Gasteiger partial charge in [-0.25, -0.2) is 4.79 Å². The molecule has 0 saturated carbocycles. The lowest BCUT2D eigenvalue weighted by atomic mass is 10.0. The molecule has 0 aliphatic carbocycles. The van der Waals surface area contributed by atoms with Gasteiger partial charge in [0.2, 0.25) is 0 Å². The molecular formula is C20H20ClN3O4. The number of aromatic nitrogens is 1. The predicted molar refractivity (Wildman–Crippen MR) is 107 cm³/mol. The number of fused-ring (bicyclic) bond motifs is 1. The summed E-state index contributed by atoms with van der Waals surface area (Å²) in [6, 6.07) is 11.1. The zero-order valence-corrected chi connectivity index (χ0v) is 16.2. The summed E-state index contributed by atoms with van der Waals surface area (Å²) >= 11 is 6.17. The van der Waals surface area contributed by atoms with Crippen LogP contribution in [-0.2, 0) is 7.05 Å². The maximum atomic E-state index is 12.8. The molecule has 7 nitrogen and oxygen atoms in total. The number of carboxylic acid groups (broad SMARTS) is 1. The lowest BCUT2D eigenvalue weighted by Crippen LogP contribution is -2.34. The van der Waals surface area contributed by atoms with Crippen molar-refractivity contribution in [3.63, 3.8) is 0 Å². The third kappa shape index (κ3) is 3.67. The van der Waals surface area contributed by atoms with E-state index in [1.165, 1.54) is 19.2 Å². The van der Waals surface area contributed by atoms with Crippen LogP contribution in [0, 0.1) is 0 Å². The lowest BCUT2D eigenvalue weighted by molar-refractivity contribution is 0.0696. The monoisotopic (exact) mass is 401 g/mol. The summed E-state index contributed by atoms with van der Waals surface area (Å²) in [5.41, 5.74) is 7.98. The summed E-state index contributed by atoms with van der Waals surface area (Å²) in [6.07, 6.45) is 0. The molecule has 4 N–H and O–H groups in total. The van der Waals surface area contributed by atoms with Gasteiger partial charge in [0, 0.05) is 25.0 Å². The number of rotatable bonds is 6. The quantitative estimate of drug-likeness (QED) is 0.588. The first-order valence-corrected chi connectivity index (χ1v) is 8.90. The van der Waals surface area contributed by atoms with Crippen LogP contribution in [0.25, 0.3) is 10.9 Å². The molecule has 28 heavy (non-hydrogen) atoms. The van der Waals surface area contributed by atoms with Gasteiger partial charge < -0.3 is 25.5 Å². The van der Waals surface area contributed by atoms with Gasteiger partial charge in [-0.05, 0) is 29.8 Å². The molecule has 1 heterocycles. The van der Waals surface area contributed by atoms with Crippen LogP contribution in [0.15, 0.2) is 42.5 Å². The van der Waals surface area contributed by atoms with Crippen LogP contribution in [0.5, 0.6) is 5.75 Å². The maximum absolute atomic E-state index is 12.8. The van der Waals surface area contributed by atoms with E-state index in [0.29, 0.717) is 16.5 Å². The standard InChI is InChI=1S/C20H20ClN3O4/c1-24-16-9-18(28-2)14(21)7-13(16)8-17(24)19(25)23-15(10-22)11-3-5-12(6-4-11)20(26)27/h3-9,15H,10,22H2,1-2H3,(H,23,25)(H,26,27). The second-order valence-electron chi connectivity index (χ2n) is 6.32. The molecule has 0 aliphatic rings. The number of aromatic carboxylic acids is 1. The molecule has 1 aromatic heterocycles. The van der Waals surface area contributed by atoms with E-state index in [0.717, 1.165) is 16.5 Å². The summed E-state index contributed by atoms with van der Waals surface area (Å²) < 4.78 is 6.99. The van der Waals surface area contributed by atoms with Crippen LogP contribution in [-0.4, -0.2) is 35.2 Å². The highest BCUT2D eigenvalue weighted by Gasteiger charge is 2.19. The van der Waals surface area contributed by atoms with Gasteiger partial charge in [0.25, 0.3) is 5.91 Å². The number of amides is 1. The molecule has 0 radical (unpaired) electrons. The lowest BCUT2D eigenvalue weighted by Gasteiger charge is -2.18. The Bertz CT molecular complexity index is 1040. The molecule has 1 unspecified atom stereocenters. The van der Waals surface area contributed by atoms with E-state index < -0.39 is 12.0 Å². The number of carbonyl (C=O) groups is 2. The van der Waals surface area contributed by atoms with Crippen molar-refractivity contribution < 1.29 is 19.4 Å².